The molecule has 0 atom stereocenters. The summed E-state index contributed by atoms with van der Waals surface area (Å²) >= 11 is 1.65. The number of nitrogens with zero attached hydrogens (tertiary/aromatic N) is 1. The van der Waals surface area contributed by atoms with Crippen LogP contribution >= 0.6 is 11.3 Å². The average Bonchev–Trinajstić information content (AvgIpc) is 3.09. The fraction of sp³-hybridized carbons (Fsp3) is 0.357. The van der Waals surface area contributed by atoms with Gasteiger partial charge in [-0.05, 0) is 29.9 Å². The lowest BCUT2D eigenvalue weighted by atomic mass is 10.1. The van der Waals surface area contributed by atoms with E-state index in [4.69, 9.17) is 0 Å². The second-order valence-corrected chi connectivity index (χ2v) is 5.32. The van der Waals surface area contributed by atoms with Gasteiger partial charge in [-0.2, -0.15) is 0 Å². The molecule has 1 heterocycles. The number of benzene rings is 1. The van der Waals surface area contributed by atoms with Gasteiger partial charge in [0, 0.05) is 18.5 Å². The highest BCUT2D eigenvalue weighted by molar-refractivity contribution is 7.07. The maximum atomic E-state index is 4.26. The van der Waals surface area contributed by atoms with E-state index >= 15 is 0 Å². The quantitative estimate of drug-likeness (QED) is 0.873. The Bertz CT molecular complexity index is 475. The van der Waals surface area contributed by atoms with Crippen molar-refractivity contribution in [3.8, 4) is 0 Å². The molecule has 0 radical (unpaired) electrons. The van der Waals surface area contributed by atoms with E-state index in [0.717, 1.165) is 24.7 Å². The van der Waals surface area contributed by atoms with Gasteiger partial charge in [-0.3, -0.25) is 0 Å². The Morgan fingerprint density at radius 3 is 3.00 bits per heavy atom. The second kappa shape index (κ2) is 4.98. The molecule has 1 aromatic carbocycles. The molecule has 1 aromatic heterocycles. The van der Waals surface area contributed by atoms with Crippen molar-refractivity contribution in [3.63, 3.8) is 0 Å². The van der Waals surface area contributed by atoms with Gasteiger partial charge in [0.1, 0.15) is 0 Å². The van der Waals surface area contributed by atoms with E-state index in [-0.39, 0.29) is 0 Å². The maximum absolute atomic E-state index is 4.26. The molecular weight excluding hydrogens is 228 g/mol. The molecule has 0 saturated heterocycles. The van der Waals surface area contributed by atoms with E-state index in [1.54, 1.807) is 11.3 Å². The molecule has 1 aliphatic rings. The predicted molar refractivity (Wildman–Crippen MR) is 71.1 cm³/mol. The Balaban J connectivity index is 1.55. The molecule has 1 saturated carbocycles. The molecule has 3 rings (SSSR count). The van der Waals surface area contributed by atoms with Gasteiger partial charge in [0.25, 0.3) is 0 Å². The molecule has 88 valence electrons. The highest BCUT2D eigenvalue weighted by atomic mass is 32.1. The zero-order valence-electron chi connectivity index (χ0n) is 9.73. The van der Waals surface area contributed by atoms with Crippen molar-refractivity contribution < 1.29 is 0 Å². The first-order valence-electron chi connectivity index (χ1n) is 6.08. The van der Waals surface area contributed by atoms with E-state index in [9.17, 15) is 0 Å². The summed E-state index contributed by atoms with van der Waals surface area (Å²) in [6, 6.07) is 8.96. The van der Waals surface area contributed by atoms with Crippen molar-refractivity contribution in [3.05, 3.63) is 52.0 Å². The van der Waals surface area contributed by atoms with Crippen molar-refractivity contribution >= 4 is 11.3 Å². The molecule has 1 N–H and O–H groups in total. The lowest BCUT2D eigenvalue weighted by Gasteiger charge is -2.05. The third-order valence-electron chi connectivity index (χ3n) is 3.12. The van der Waals surface area contributed by atoms with Crippen LogP contribution in [-0.4, -0.2) is 4.98 Å². The average molecular weight is 244 g/mol. The monoisotopic (exact) mass is 244 g/mol. The number of hydrogen-bond acceptors (Lipinski definition) is 3. The summed E-state index contributed by atoms with van der Waals surface area (Å²) in [6.07, 6.45) is 2.74. The lowest BCUT2D eigenvalue weighted by molar-refractivity contribution is 0.682. The molecule has 1 aliphatic carbocycles. The first kappa shape index (κ1) is 10.9. The minimum atomic E-state index is 0.841. The largest absolute Gasteiger partial charge is 0.307 e. The van der Waals surface area contributed by atoms with Crippen molar-refractivity contribution in [1.82, 2.24) is 10.3 Å². The lowest BCUT2D eigenvalue weighted by Crippen LogP contribution is -2.12. The Labute approximate surface area is 106 Å². The molecule has 0 bridgehead atoms. The Hall–Kier alpha value is -1.19. The van der Waals surface area contributed by atoms with Crippen LogP contribution < -0.4 is 5.32 Å². The summed E-state index contributed by atoms with van der Waals surface area (Å²) in [7, 11) is 0. The summed E-state index contributed by atoms with van der Waals surface area (Å²) < 4.78 is 0. The van der Waals surface area contributed by atoms with Crippen LogP contribution in [0.25, 0.3) is 0 Å². The summed E-state index contributed by atoms with van der Waals surface area (Å²) in [5, 5.41) is 5.53. The van der Waals surface area contributed by atoms with Crippen LogP contribution in [0.5, 0.6) is 0 Å². The normalized spacial score (nSPS) is 15.1. The van der Waals surface area contributed by atoms with Crippen LogP contribution in [0.3, 0.4) is 0 Å². The number of aromatic nitrogens is 1. The van der Waals surface area contributed by atoms with Gasteiger partial charge in [-0.1, -0.05) is 24.3 Å². The molecule has 0 spiro atoms. The van der Waals surface area contributed by atoms with E-state index in [1.165, 1.54) is 24.0 Å². The zero-order valence-corrected chi connectivity index (χ0v) is 10.5. The van der Waals surface area contributed by atoms with Gasteiger partial charge >= 0.3 is 0 Å². The van der Waals surface area contributed by atoms with Crippen LogP contribution in [-0.2, 0) is 13.1 Å². The third-order valence-corrected chi connectivity index (χ3v) is 3.75. The predicted octanol–water partition coefficient (Wildman–Crippen LogP) is 3.31. The van der Waals surface area contributed by atoms with Gasteiger partial charge in [0.05, 0.1) is 11.2 Å². The van der Waals surface area contributed by atoms with Gasteiger partial charge in [-0.25, -0.2) is 4.98 Å². The van der Waals surface area contributed by atoms with Crippen molar-refractivity contribution in [2.75, 3.05) is 0 Å². The van der Waals surface area contributed by atoms with E-state index in [2.05, 4.69) is 39.9 Å². The summed E-state index contributed by atoms with van der Waals surface area (Å²) in [5.74, 6) is 0.841. The first-order chi connectivity index (χ1) is 8.42. The number of nitrogens with one attached hydrogen (secondary N) is 1. The number of hydrogen-bond donors (Lipinski definition) is 1. The summed E-state index contributed by atoms with van der Waals surface area (Å²) in [6.45, 7) is 1.79. The van der Waals surface area contributed by atoms with Gasteiger partial charge in [0.2, 0.25) is 0 Å². The second-order valence-electron chi connectivity index (χ2n) is 4.60. The van der Waals surface area contributed by atoms with Crippen molar-refractivity contribution in [1.29, 1.82) is 0 Å². The van der Waals surface area contributed by atoms with E-state index in [1.807, 2.05) is 5.51 Å². The fourth-order valence-electron chi connectivity index (χ4n) is 2.03. The zero-order chi connectivity index (χ0) is 11.5. The SMILES string of the molecule is c1cc(CNCc2cscn2)cc(C2CC2)c1. The number of rotatable bonds is 5. The minimum Gasteiger partial charge on any atom is -0.307 e. The van der Waals surface area contributed by atoms with Crippen molar-refractivity contribution in [2.24, 2.45) is 0 Å². The van der Waals surface area contributed by atoms with Crippen LogP contribution in [0, 0.1) is 0 Å². The van der Waals surface area contributed by atoms with Crippen LogP contribution in [0.4, 0.5) is 0 Å². The topological polar surface area (TPSA) is 24.9 Å². The molecular formula is C14H16N2S. The Morgan fingerprint density at radius 2 is 2.24 bits per heavy atom. The molecule has 0 amide bonds. The molecule has 2 aromatic rings. The molecule has 2 nitrogen and oxygen atoms in total. The third kappa shape index (κ3) is 2.93. The van der Waals surface area contributed by atoms with Gasteiger partial charge < -0.3 is 5.32 Å². The molecule has 0 aliphatic heterocycles. The highest BCUT2D eigenvalue weighted by Gasteiger charge is 2.23. The highest BCUT2D eigenvalue weighted by Crippen LogP contribution is 2.40. The molecule has 0 unspecified atom stereocenters. The minimum absolute atomic E-state index is 0.841. The Morgan fingerprint density at radius 1 is 1.29 bits per heavy atom. The van der Waals surface area contributed by atoms with E-state index < -0.39 is 0 Å². The molecule has 1 fully saturated rings. The Kier molecular flexibility index (Phi) is 3.20. The van der Waals surface area contributed by atoms with Crippen LogP contribution in [0.1, 0.15) is 35.6 Å². The first-order valence-corrected chi connectivity index (χ1v) is 7.03. The van der Waals surface area contributed by atoms with Crippen LogP contribution in [0.2, 0.25) is 0 Å². The van der Waals surface area contributed by atoms with E-state index in [0.29, 0.717) is 0 Å². The van der Waals surface area contributed by atoms with Gasteiger partial charge in [0.15, 0.2) is 0 Å². The smallest absolute Gasteiger partial charge is 0.0795 e. The van der Waals surface area contributed by atoms with Crippen LogP contribution in [0.15, 0.2) is 35.2 Å². The molecule has 3 heteroatoms. The summed E-state index contributed by atoms with van der Waals surface area (Å²) in [4.78, 5) is 4.26. The summed E-state index contributed by atoms with van der Waals surface area (Å²) in [5.41, 5.74) is 5.90. The van der Waals surface area contributed by atoms with Crippen molar-refractivity contribution in [2.45, 2.75) is 31.8 Å². The molecule has 17 heavy (non-hydrogen) atoms. The maximum Gasteiger partial charge on any atom is 0.0795 e. The fourth-order valence-corrected chi connectivity index (χ4v) is 2.59. The standard InChI is InChI=1S/C14H16N2S/c1-2-11(6-13(3-1)12-4-5-12)7-15-8-14-9-17-10-16-14/h1-3,6,9-10,12,15H,4-5,7-8H2. The number of thiazole rings is 1. The van der Waals surface area contributed by atoms with Gasteiger partial charge in [-0.15, -0.1) is 11.3 Å².